The molecule has 1 saturated heterocycles. The van der Waals surface area contributed by atoms with Gasteiger partial charge in [0.15, 0.2) is 0 Å². The van der Waals surface area contributed by atoms with Crippen LogP contribution in [-0.4, -0.2) is 40.6 Å². The Balaban J connectivity index is 2.61. The fourth-order valence-electron chi connectivity index (χ4n) is 1.70. The maximum Gasteiger partial charge on any atom is 0.121 e. The summed E-state index contributed by atoms with van der Waals surface area (Å²) in [6, 6.07) is 0.479. The largest absolute Gasteiger partial charge is 0.616 e. The predicted molar refractivity (Wildman–Crippen MR) is 53.7 cm³/mol. The molecule has 1 rings (SSSR count). The van der Waals surface area contributed by atoms with Gasteiger partial charge in [-0.1, -0.05) is 31.9 Å². The molecule has 0 amide bonds. The van der Waals surface area contributed by atoms with Gasteiger partial charge in [0.05, 0.1) is 6.04 Å². The van der Waals surface area contributed by atoms with Crippen molar-refractivity contribution in [1.29, 1.82) is 0 Å². The van der Waals surface area contributed by atoms with Crippen LogP contribution in [0.3, 0.4) is 0 Å². The molecule has 0 spiro atoms. The normalized spacial score (nSPS) is 33.8. The van der Waals surface area contributed by atoms with Crippen molar-refractivity contribution in [3.63, 3.8) is 0 Å². The third kappa shape index (κ3) is 2.38. The molecule has 0 radical (unpaired) electrons. The van der Waals surface area contributed by atoms with Gasteiger partial charge in [0.25, 0.3) is 0 Å². The van der Waals surface area contributed by atoms with Gasteiger partial charge in [0.2, 0.25) is 0 Å². The molecular formula is C9H19NOS. The average molecular weight is 189 g/mol. The van der Waals surface area contributed by atoms with E-state index in [0.717, 1.165) is 18.1 Å². The molecule has 2 unspecified atom stereocenters. The molecule has 1 aliphatic heterocycles. The summed E-state index contributed by atoms with van der Waals surface area (Å²) >= 11 is -0.579. The molecule has 2 nitrogen and oxygen atoms in total. The van der Waals surface area contributed by atoms with Crippen LogP contribution in [0.2, 0.25) is 0 Å². The molecule has 0 aliphatic carbocycles. The Labute approximate surface area is 78.5 Å². The van der Waals surface area contributed by atoms with Crippen molar-refractivity contribution in [2.45, 2.75) is 26.8 Å². The Kier molecular flexibility index (Phi) is 3.07. The van der Waals surface area contributed by atoms with E-state index >= 15 is 0 Å². The third-order valence-electron chi connectivity index (χ3n) is 2.55. The van der Waals surface area contributed by atoms with Gasteiger partial charge in [-0.3, -0.25) is 4.90 Å². The zero-order valence-corrected chi connectivity index (χ0v) is 9.28. The summed E-state index contributed by atoms with van der Waals surface area (Å²) in [5.74, 6) is 1.70. The SMILES string of the molecule is CN1CC[S+]([O-])CC1C(C)(C)C. The molecule has 1 aliphatic rings. The van der Waals surface area contributed by atoms with Gasteiger partial charge in [-0.05, 0) is 12.5 Å². The second-order valence-corrected chi connectivity index (χ2v) is 6.29. The summed E-state index contributed by atoms with van der Waals surface area (Å²) in [6.07, 6.45) is 0. The lowest BCUT2D eigenvalue weighted by atomic mass is 9.87. The van der Waals surface area contributed by atoms with Gasteiger partial charge in [-0.15, -0.1) is 0 Å². The minimum atomic E-state index is -0.579. The lowest BCUT2D eigenvalue weighted by Gasteiger charge is -2.41. The second kappa shape index (κ2) is 3.56. The molecule has 2 atom stereocenters. The van der Waals surface area contributed by atoms with E-state index in [1.807, 2.05) is 0 Å². The Morgan fingerprint density at radius 3 is 2.42 bits per heavy atom. The van der Waals surface area contributed by atoms with Crippen molar-refractivity contribution in [3.8, 4) is 0 Å². The second-order valence-electron chi connectivity index (χ2n) is 4.67. The van der Waals surface area contributed by atoms with E-state index in [1.165, 1.54) is 0 Å². The Morgan fingerprint density at radius 1 is 1.42 bits per heavy atom. The summed E-state index contributed by atoms with van der Waals surface area (Å²) in [5, 5.41) is 0. The first-order chi connectivity index (χ1) is 5.41. The molecule has 12 heavy (non-hydrogen) atoms. The van der Waals surface area contributed by atoms with E-state index in [9.17, 15) is 4.55 Å². The summed E-state index contributed by atoms with van der Waals surface area (Å²) in [7, 11) is 2.13. The molecule has 72 valence electrons. The molecule has 1 fully saturated rings. The molecular weight excluding hydrogens is 170 g/mol. The van der Waals surface area contributed by atoms with E-state index < -0.39 is 11.2 Å². The van der Waals surface area contributed by atoms with Crippen LogP contribution < -0.4 is 0 Å². The lowest BCUT2D eigenvalue weighted by Crippen LogP contribution is -2.52. The van der Waals surface area contributed by atoms with Crippen molar-refractivity contribution < 1.29 is 4.55 Å². The Hall–Kier alpha value is 0.270. The van der Waals surface area contributed by atoms with E-state index in [4.69, 9.17) is 0 Å². The molecule has 0 aromatic heterocycles. The van der Waals surface area contributed by atoms with E-state index in [1.54, 1.807) is 0 Å². The van der Waals surface area contributed by atoms with Crippen molar-refractivity contribution in [1.82, 2.24) is 4.90 Å². The highest BCUT2D eigenvalue weighted by Gasteiger charge is 2.35. The molecule has 0 aromatic carbocycles. The number of hydrogen-bond acceptors (Lipinski definition) is 2. The van der Waals surface area contributed by atoms with Crippen molar-refractivity contribution in [3.05, 3.63) is 0 Å². The van der Waals surface area contributed by atoms with Crippen molar-refractivity contribution in [2.24, 2.45) is 5.41 Å². The van der Waals surface area contributed by atoms with E-state index in [2.05, 4.69) is 32.7 Å². The number of rotatable bonds is 0. The fraction of sp³-hybridized carbons (Fsp3) is 1.00. The summed E-state index contributed by atoms with van der Waals surface area (Å²) in [6.45, 7) is 7.64. The van der Waals surface area contributed by atoms with E-state index in [0.29, 0.717) is 6.04 Å². The molecule has 0 N–H and O–H groups in total. The molecule has 1 heterocycles. The van der Waals surface area contributed by atoms with Crippen LogP contribution >= 0.6 is 0 Å². The average Bonchev–Trinajstić information content (AvgIpc) is 1.92. The van der Waals surface area contributed by atoms with Gasteiger partial charge in [-0.2, -0.15) is 0 Å². The highest BCUT2D eigenvalue weighted by atomic mass is 32.2. The Morgan fingerprint density at radius 2 is 2.00 bits per heavy atom. The zero-order valence-electron chi connectivity index (χ0n) is 8.46. The van der Waals surface area contributed by atoms with Crippen molar-refractivity contribution in [2.75, 3.05) is 25.1 Å². The van der Waals surface area contributed by atoms with Crippen LogP contribution in [0.1, 0.15) is 20.8 Å². The minimum absolute atomic E-state index is 0.255. The zero-order chi connectivity index (χ0) is 9.35. The van der Waals surface area contributed by atoms with E-state index in [-0.39, 0.29) is 5.41 Å². The number of hydrogen-bond donors (Lipinski definition) is 0. The maximum absolute atomic E-state index is 11.4. The van der Waals surface area contributed by atoms with Crippen molar-refractivity contribution >= 4 is 11.2 Å². The van der Waals surface area contributed by atoms with Crippen LogP contribution in [0.5, 0.6) is 0 Å². The van der Waals surface area contributed by atoms with Crippen LogP contribution in [0.4, 0.5) is 0 Å². The summed E-state index contributed by atoms with van der Waals surface area (Å²) < 4.78 is 11.4. The van der Waals surface area contributed by atoms with Gasteiger partial charge in [0, 0.05) is 6.54 Å². The highest BCUT2D eigenvalue weighted by Crippen LogP contribution is 2.27. The molecule has 0 aromatic rings. The van der Waals surface area contributed by atoms with Crippen LogP contribution in [0, 0.1) is 5.41 Å². The van der Waals surface area contributed by atoms with Crippen LogP contribution in [0.25, 0.3) is 0 Å². The molecule has 3 heteroatoms. The van der Waals surface area contributed by atoms with Gasteiger partial charge in [0.1, 0.15) is 11.5 Å². The quantitative estimate of drug-likeness (QED) is 0.533. The molecule has 0 bridgehead atoms. The number of nitrogens with zero attached hydrogens (tertiary/aromatic N) is 1. The Bertz CT molecular complexity index is 155. The highest BCUT2D eigenvalue weighted by molar-refractivity contribution is 7.91. The van der Waals surface area contributed by atoms with Gasteiger partial charge in [-0.25, -0.2) is 0 Å². The van der Waals surface area contributed by atoms with Gasteiger partial charge < -0.3 is 4.55 Å². The fourth-order valence-corrected chi connectivity index (χ4v) is 3.46. The first kappa shape index (κ1) is 10.4. The minimum Gasteiger partial charge on any atom is -0.616 e. The summed E-state index contributed by atoms with van der Waals surface area (Å²) in [4.78, 5) is 2.33. The predicted octanol–water partition coefficient (Wildman–Crippen LogP) is 1.10. The third-order valence-corrected chi connectivity index (χ3v) is 3.87. The molecule has 0 saturated carbocycles. The first-order valence-electron chi connectivity index (χ1n) is 4.46. The van der Waals surface area contributed by atoms with Gasteiger partial charge >= 0.3 is 0 Å². The topological polar surface area (TPSA) is 26.3 Å². The first-order valence-corrected chi connectivity index (χ1v) is 5.95. The van der Waals surface area contributed by atoms with Crippen LogP contribution in [0.15, 0.2) is 0 Å². The lowest BCUT2D eigenvalue weighted by molar-refractivity contribution is 0.143. The maximum atomic E-state index is 11.4. The monoisotopic (exact) mass is 189 g/mol. The smallest absolute Gasteiger partial charge is 0.121 e. The van der Waals surface area contributed by atoms with Crippen LogP contribution in [-0.2, 0) is 11.2 Å². The summed E-state index contributed by atoms with van der Waals surface area (Å²) in [5.41, 5.74) is 0.255. The standard InChI is InChI=1S/C9H19NOS/c1-9(2,3)8-7-12(11)6-5-10(8)4/h8H,5-7H2,1-4H3.